The van der Waals surface area contributed by atoms with Gasteiger partial charge in [-0.05, 0) is 19.2 Å². The van der Waals surface area contributed by atoms with Crippen molar-refractivity contribution in [2.75, 3.05) is 51.9 Å². The second-order valence-electron chi connectivity index (χ2n) is 5.80. The van der Waals surface area contributed by atoms with Crippen LogP contribution in [0.15, 0.2) is 18.3 Å². The molecule has 2 fully saturated rings. The van der Waals surface area contributed by atoms with Crippen molar-refractivity contribution >= 4 is 11.8 Å². The fraction of sp³-hybridized carbons (Fsp3) is 0.600. The van der Waals surface area contributed by atoms with Crippen LogP contribution < -0.4 is 4.90 Å². The van der Waals surface area contributed by atoms with Crippen LogP contribution in [-0.4, -0.2) is 68.9 Å². The number of carbonyl (C=O) groups excluding carboxylic acids is 1. The maximum absolute atomic E-state index is 11.5. The first-order chi connectivity index (χ1) is 10.2. The van der Waals surface area contributed by atoms with Crippen molar-refractivity contribution in [1.82, 2.24) is 9.88 Å². The Morgan fingerprint density at radius 1 is 1.33 bits per heavy atom. The number of rotatable bonds is 2. The van der Waals surface area contributed by atoms with Crippen molar-refractivity contribution in [1.29, 1.82) is 0 Å². The number of anilines is 1. The first-order valence-electron chi connectivity index (χ1n) is 7.24. The van der Waals surface area contributed by atoms with Gasteiger partial charge in [0.2, 0.25) is 0 Å². The maximum Gasteiger partial charge on any atom is 0.339 e. The number of methoxy groups -OCH3 is 1. The van der Waals surface area contributed by atoms with E-state index < -0.39 is 0 Å². The van der Waals surface area contributed by atoms with Crippen LogP contribution in [0.25, 0.3) is 0 Å². The number of likely N-dealkylation sites (N-methyl/N-ethyl adjacent to an activating group) is 1. The second kappa shape index (κ2) is 5.99. The number of hydrogen-bond donors (Lipinski definition) is 0. The summed E-state index contributed by atoms with van der Waals surface area (Å²) < 4.78 is 10.4. The molecule has 2 bridgehead atoms. The molecule has 0 radical (unpaired) electrons. The molecular weight excluding hydrogens is 270 g/mol. The third kappa shape index (κ3) is 3.01. The number of carbonyl (C=O) groups is 1. The van der Waals surface area contributed by atoms with Gasteiger partial charge in [-0.2, -0.15) is 0 Å². The van der Waals surface area contributed by atoms with Gasteiger partial charge in [0.25, 0.3) is 0 Å². The third-order valence-corrected chi connectivity index (χ3v) is 4.24. The summed E-state index contributed by atoms with van der Waals surface area (Å²) in [4.78, 5) is 20.6. The molecule has 0 spiro atoms. The van der Waals surface area contributed by atoms with Gasteiger partial charge in [-0.25, -0.2) is 9.78 Å². The molecule has 6 nitrogen and oxygen atoms in total. The zero-order chi connectivity index (χ0) is 14.8. The van der Waals surface area contributed by atoms with Crippen molar-refractivity contribution in [3.05, 3.63) is 23.9 Å². The minimum absolute atomic E-state index is 0.352. The lowest BCUT2D eigenvalue weighted by molar-refractivity contribution is 0.0600. The first kappa shape index (κ1) is 14.3. The predicted molar refractivity (Wildman–Crippen MR) is 78.5 cm³/mol. The molecule has 21 heavy (non-hydrogen) atoms. The van der Waals surface area contributed by atoms with Crippen molar-refractivity contribution in [2.24, 2.45) is 5.92 Å². The highest BCUT2D eigenvalue weighted by molar-refractivity contribution is 5.89. The SMILES string of the molecule is COC(=O)c1ccc(N2C[C@@H]3COC[C@H](C2)N(C)C3)nc1. The van der Waals surface area contributed by atoms with E-state index >= 15 is 0 Å². The highest BCUT2D eigenvalue weighted by Crippen LogP contribution is 2.22. The van der Waals surface area contributed by atoms with E-state index in [4.69, 9.17) is 9.47 Å². The number of pyridine rings is 1. The second-order valence-corrected chi connectivity index (χ2v) is 5.80. The molecule has 3 rings (SSSR count). The fourth-order valence-corrected chi connectivity index (χ4v) is 3.05. The van der Waals surface area contributed by atoms with Gasteiger partial charge in [-0.3, -0.25) is 4.90 Å². The Bertz CT molecular complexity index is 505. The molecule has 0 aromatic carbocycles. The molecule has 0 N–H and O–H groups in total. The van der Waals surface area contributed by atoms with Gasteiger partial charge in [-0.1, -0.05) is 0 Å². The molecule has 0 amide bonds. The number of aromatic nitrogens is 1. The summed E-state index contributed by atoms with van der Waals surface area (Å²) in [5.74, 6) is 1.05. The maximum atomic E-state index is 11.5. The van der Waals surface area contributed by atoms with Crippen LogP contribution in [0.4, 0.5) is 5.82 Å². The molecule has 0 aliphatic carbocycles. The summed E-state index contributed by atoms with van der Waals surface area (Å²) in [6.45, 7) is 4.46. The third-order valence-electron chi connectivity index (χ3n) is 4.24. The number of nitrogens with zero attached hydrogens (tertiary/aromatic N) is 3. The Morgan fingerprint density at radius 3 is 2.90 bits per heavy atom. The Labute approximate surface area is 124 Å². The smallest absolute Gasteiger partial charge is 0.339 e. The lowest BCUT2D eigenvalue weighted by Crippen LogP contribution is -2.42. The van der Waals surface area contributed by atoms with E-state index in [1.165, 1.54) is 7.11 Å². The first-order valence-corrected chi connectivity index (χ1v) is 7.24. The van der Waals surface area contributed by atoms with E-state index in [9.17, 15) is 4.79 Å². The molecular formula is C15H21N3O3. The summed E-state index contributed by atoms with van der Waals surface area (Å²) in [6, 6.07) is 4.06. The molecule has 0 saturated carbocycles. The summed E-state index contributed by atoms with van der Waals surface area (Å²) in [5, 5.41) is 0. The van der Waals surface area contributed by atoms with E-state index in [1.54, 1.807) is 12.3 Å². The number of hydrogen-bond acceptors (Lipinski definition) is 6. The highest BCUT2D eigenvalue weighted by atomic mass is 16.5. The molecule has 0 unspecified atom stereocenters. The van der Waals surface area contributed by atoms with Gasteiger partial charge in [0.15, 0.2) is 0 Å². The van der Waals surface area contributed by atoms with E-state index in [0.717, 1.165) is 38.7 Å². The van der Waals surface area contributed by atoms with Gasteiger partial charge in [0.1, 0.15) is 5.82 Å². The minimum atomic E-state index is -0.352. The molecule has 1 aromatic rings. The van der Waals surface area contributed by atoms with Crippen LogP contribution in [0.2, 0.25) is 0 Å². The molecule has 2 saturated heterocycles. The predicted octanol–water partition coefficient (Wildman–Crippen LogP) is 0.635. The molecule has 3 heterocycles. The van der Waals surface area contributed by atoms with Crippen molar-refractivity contribution in [3.8, 4) is 0 Å². The largest absolute Gasteiger partial charge is 0.465 e. The molecule has 2 atom stereocenters. The minimum Gasteiger partial charge on any atom is -0.465 e. The summed E-state index contributed by atoms with van der Waals surface area (Å²) in [6.07, 6.45) is 1.59. The van der Waals surface area contributed by atoms with Gasteiger partial charge in [-0.15, -0.1) is 0 Å². The normalized spacial score (nSPS) is 26.3. The zero-order valence-electron chi connectivity index (χ0n) is 12.5. The van der Waals surface area contributed by atoms with Crippen LogP contribution >= 0.6 is 0 Å². The number of ether oxygens (including phenoxy) is 2. The number of esters is 1. The van der Waals surface area contributed by atoms with E-state index in [-0.39, 0.29) is 5.97 Å². The van der Waals surface area contributed by atoms with Crippen molar-refractivity contribution in [2.45, 2.75) is 6.04 Å². The van der Waals surface area contributed by atoms with Crippen LogP contribution in [0, 0.1) is 5.92 Å². The molecule has 2 aliphatic heterocycles. The monoisotopic (exact) mass is 291 g/mol. The van der Waals surface area contributed by atoms with Gasteiger partial charge < -0.3 is 14.4 Å². The number of fused-ring (bicyclic) bond motifs is 3. The van der Waals surface area contributed by atoms with Crippen LogP contribution in [0.3, 0.4) is 0 Å². The lowest BCUT2D eigenvalue weighted by atomic mass is 10.1. The summed E-state index contributed by atoms with van der Waals surface area (Å²) >= 11 is 0. The standard InChI is InChI=1S/C15H21N3O3/c1-17-6-11-7-18(8-13(17)10-21-9-11)14-4-3-12(5-16-14)15(19)20-2/h3-5,11,13H,6-10H2,1-2H3/t11-,13+/m1/s1. The van der Waals surface area contributed by atoms with Crippen LogP contribution in [0.1, 0.15) is 10.4 Å². The Morgan fingerprint density at radius 2 is 2.19 bits per heavy atom. The van der Waals surface area contributed by atoms with E-state index in [1.807, 2.05) is 6.07 Å². The average molecular weight is 291 g/mol. The zero-order valence-corrected chi connectivity index (χ0v) is 12.5. The summed E-state index contributed by atoms with van der Waals surface area (Å²) in [5.41, 5.74) is 0.483. The van der Waals surface area contributed by atoms with E-state index in [0.29, 0.717) is 17.5 Å². The molecule has 1 aromatic heterocycles. The molecule has 6 heteroatoms. The highest BCUT2D eigenvalue weighted by Gasteiger charge is 2.31. The Balaban J connectivity index is 1.78. The summed E-state index contributed by atoms with van der Waals surface area (Å²) in [7, 11) is 3.53. The van der Waals surface area contributed by atoms with Gasteiger partial charge >= 0.3 is 5.97 Å². The quantitative estimate of drug-likeness (QED) is 0.745. The Hall–Kier alpha value is -1.66. The lowest BCUT2D eigenvalue weighted by Gasteiger charge is -2.30. The van der Waals surface area contributed by atoms with Crippen LogP contribution in [-0.2, 0) is 9.47 Å². The Kier molecular flexibility index (Phi) is 4.07. The fourth-order valence-electron chi connectivity index (χ4n) is 3.05. The van der Waals surface area contributed by atoms with Gasteiger partial charge in [0, 0.05) is 31.7 Å². The van der Waals surface area contributed by atoms with Crippen LogP contribution in [0.5, 0.6) is 0 Å². The van der Waals surface area contributed by atoms with Crippen molar-refractivity contribution in [3.63, 3.8) is 0 Å². The molecule has 114 valence electrons. The van der Waals surface area contributed by atoms with Gasteiger partial charge in [0.05, 0.1) is 31.9 Å². The van der Waals surface area contributed by atoms with Crippen molar-refractivity contribution < 1.29 is 14.3 Å². The van der Waals surface area contributed by atoms with E-state index in [2.05, 4.69) is 21.8 Å². The molecule has 2 aliphatic rings. The average Bonchev–Trinajstić information content (AvgIpc) is 2.75. The topological polar surface area (TPSA) is 54.9 Å².